The second-order valence-corrected chi connectivity index (χ2v) is 4.16. The Bertz CT molecular complexity index is 472. The molecule has 0 spiro atoms. The van der Waals surface area contributed by atoms with E-state index in [9.17, 15) is 4.79 Å². The molecule has 1 aliphatic heterocycles. The molecule has 1 fully saturated rings. The van der Waals surface area contributed by atoms with Gasteiger partial charge in [-0.2, -0.15) is 0 Å². The minimum Gasteiger partial charge on any atom is -0.497 e. The SMILES string of the molecule is CC[C@H]1O[C@@H]1C(=O)c1c(N)cc(OC)cc1OC. The third-order valence-corrected chi connectivity index (χ3v) is 3.05. The van der Waals surface area contributed by atoms with Crippen molar-refractivity contribution in [3.8, 4) is 11.5 Å². The molecule has 1 heterocycles. The van der Waals surface area contributed by atoms with Crippen molar-refractivity contribution >= 4 is 11.5 Å². The maximum Gasteiger partial charge on any atom is 0.200 e. The van der Waals surface area contributed by atoms with Gasteiger partial charge in [-0.15, -0.1) is 0 Å². The van der Waals surface area contributed by atoms with Gasteiger partial charge in [0.15, 0.2) is 5.78 Å². The molecule has 5 heteroatoms. The first-order chi connectivity index (χ1) is 8.62. The number of Topliss-reactive ketones (excluding diaryl/α,β-unsaturated/α-hetero) is 1. The van der Waals surface area contributed by atoms with Gasteiger partial charge in [-0.25, -0.2) is 0 Å². The number of nitrogens with two attached hydrogens (primary N) is 1. The number of benzene rings is 1. The molecule has 1 aromatic carbocycles. The Labute approximate surface area is 106 Å². The molecule has 0 saturated carbocycles. The normalized spacial score (nSPS) is 21.5. The highest BCUT2D eigenvalue weighted by atomic mass is 16.6. The first kappa shape index (κ1) is 12.7. The average molecular weight is 251 g/mol. The minimum atomic E-state index is -0.389. The van der Waals surface area contributed by atoms with E-state index in [1.165, 1.54) is 14.2 Å². The van der Waals surface area contributed by atoms with Gasteiger partial charge in [0, 0.05) is 17.8 Å². The Balaban J connectivity index is 2.35. The fraction of sp³-hybridized carbons (Fsp3) is 0.462. The smallest absolute Gasteiger partial charge is 0.200 e. The Morgan fingerprint density at radius 1 is 1.39 bits per heavy atom. The van der Waals surface area contributed by atoms with Crippen molar-refractivity contribution in [1.82, 2.24) is 0 Å². The van der Waals surface area contributed by atoms with Gasteiger partial charge in [0.25, 0.3) is 0 Å². The Hall–Kier alpha value is -1.75. The molecule has 1 aromatic rings. The van der Waals surface area contributed by atoms with E-state index in [0.29, 0.717) is 22.7 Å². The van der Waals surface area contributed by atoms with E-state index < -0.39 is 0 Å². The van der Waals surface area contributed by atoms with Crippen molar-refractivity contribution in [2.45, 2.75) is 25.6 Å². The van der Waals surface area contributed by atoms with Crippen molar-refractivity contribution in [3.05, 3.63) is 17.7 Å². The molecular weight excluding hydrogens is 234 g/mol. The summed E-state index contributed by atoms with van der Waals surface area (Å²) in [5.74, 6) is 0.853. The summed E-state index contributed by atoms with van der Waals surface area (Å²) in [6.07, 6.45) is 0.428. The molecule has 2 N–H and O–H groups in total. The lowest BCUT2D eigenvalue weighted by atomic mass is 10.0. The number of nitrogen functional groups attached to an aromatic ring is 1. The number of hydrogen-bond acceptors (Lipinski definition) is 5. The van der Waals surface area contributed by atoms with Crippen LogP contribution >= 0.6 is 0 Å². The lowest BCUT2D eigenvalue weighted by molar-refractivity contribution is 0.0951. The van der Waals surface area contributed by atoms with Crippen molar-refractivity contribution in [1.29, 1.82) is 0 Å². The van der Waals surface area contributed by atoms with Crippen molar-refractivity contribution in [2.75, 3.05) is 20.0 Å². The van der Waals surface area contributed by atoms with Crippen molar-refractivity contribution in [3.63, 3.8) is 0 Å². The van der Waals surface area contributed by atoms with Crippen LogP contribution in [0.25, 0.3) is 0 Å². The van der Waals surface area contributed by atoms with Gasteiger partial charge in [0.2, 0.25) is 0 Å². The summed E-state index contributed by atoms with van der Waals surface area (Å²) in [6, 6.07) is 3.26. The third kappa shape index (κ3) is 2.13. The maximum absolute atomic E-state index is 12.3. The van der Waals surface area contributed by atoms with E-state index in [4.69, 9.17) is 19.9 Å². The summed E-state index contributed by atoms with van der Waals surface area (Å²) in [6.45, 7) is 1.98. The third-order valence-electron chi connectivity index (χ3n) is 3.05. The van der Waals surface area contributed by atoms with Crippen LogP contribution < -0.4 is 15.2 Å². The molecule has 1 saturated heterocycles. The summed E-state index contributed by atoms with van der Waals surface area (Å²) >= 11 is 0. The van der Waals surface area contributed by atoms with Crippen LogP contribution in [0, 0.1) is 0 Å². The van der Waals surface area contributed by atoms with E-state index in [0.717, 1.165) is 6.42 Å². The highest BCUT2D eigenvalue weighted by molar-refractivity contribution is 6.07. The second-order valence-electron chi connectivity index (χ2n) is 4.16. The molecule has 0 aliphatic carbocycles. The van der Waals surface area contributed by atoms with Crippen LogP contribution in [-0.2, 0) is 4.74 Å². The molecule has 1 aliphatic rings. The first-order valence-electron chi connectivity index (χ1n) is 5.83. The van der Waals surface area contributed by atoms with Gasteiger partial charge in [0.1, 0.15) is 17.6 Å². The standard InChI is InChI=1S/C13H17NO4/c1-4-9-13(18-9)12(15)11-8(14)5-7(16-2)6-10(11)17-3/h5-6,9,13H,4,14H2,1-3H3/t9-,13+/m1/s1. The molecule has 0 aromatic heterocycles. The Morgan fingerprint density at radius 2 is 2.11 bits per heavy atom. The van der Waals surface area contributed by atoms with E-state index in [2.05, 4.69) is 0 Å². The molecule has 5 nitrogen and oxygen atoms in total. The van der Waals surface area contributed by atoms with E-state index >= 15 is 0 Å². The predicted octanol–water partition coefficient (Wildman–Crippen LogP) is 1.65. The molecule has 2 atom stereocenters. The molecule has 98 valence electrons. The zero-order chi connectivity index (χ0) is 13.3. The van der Waals surface area contributed by atoms with Crippen LogP contribution in [-0.4, -0.2) is 32.2 Å². The lowest BCUT2D eigenvalue weighted by Gasteiger charge is -2.11. The predicted molar refractivity (Wildman–Crippen MR) is 67.2 cm³/mol. The minimum absolute atomic E-state index is 0.00343. The maximum atomic E-state index is 12.3. The fourth-order valence-electron chi connectivity index (χ4n) is 1.98. The fourth-order valence-corrected chi connectivity index (χ4v) is 1.98. The van der Waals surface area contributed by atoms with E-state index in [1.807, 2.05) is 6.92 Å². The van der Waals surface area contributed by atoms with Crippen LogP contribution in [0.2, 0.25) is 0 Å². The molecule has 0 bridgehead atoms. The monoisotopic (exact) mass is 251 g/mol. The Kier molecular flexibility index (Phi) is 3.43. The molecular formula is C13H17NO4. The number of rotatable bonds is 5. The lowest BCUT2D eigenvalue weighted by Crippen LogP contribution is -2.14. The second kappa shape index (κ2) is 4.86. The number of ketones is 1. The number of methoxy groups -OCH3 is 2. The summed E-state index contributed by atoms with van der Waals surface area (Å²) < 4.78 is 15.6. The highest BCUT2D eigenvalue weighted by Gasteiger charge is 2.45. The van der Waals surface area contributed by atoms with Gasteiger partial charge in [-0.3, -0.25) is 4.79 Å². The van der Waals surface area contributed by atoms with Gasteiger partial charge < -0.3 is 19.9 Å². The van der Waals surface area contributed by atoms with Crippen LogP contribution in [0.5, 0.6) is 11.5 Å². The van der Waals surface area contributed by atoms with Crippen molar-refractivity contribution < 1.29 is 19.0 Å². The molecule has 2 rings (SSSR count). The zero-order valence-electron chi connectivity index (χ0n) is 10.7. The number of epoxide rings is 1. The number of carbonyl (C=O) groups excluding carboxylic acids is 1. The quantitative estimate of drug-likeness (QED) is 0.489. The summed E-state index contributed by atoms with van der Waals surface area (Å²) in [5, 5.41) is 0. The number of carbonyl (C=O) groups is 1. The largest absolute Gasteiger partial charge is 0.497 e. The van der Waals surface area contributed by atoms with Crippen LogP contribution in [0.3, 0.4) is 0 Å². The summed E-state index contributed by atoms with van der Waals surface area (Å²) in [4.78, 5) is 12.3. The number of hydrogen-bond donors (Lipinski definition) is 1. The van der Waals surface area contributed by atoms with Gasteiger partial charge >= 0.3 is 0 Å². The van der Waals surface area contributed by atoms with Crippen LogP contribution in [0.4, 0.5) is 5.69 Å². The van der Waals surface area contributed by atoms with Gasteiger partial charge in [0.05, 0.1) is 25.9 Å². The topological polar surface area (TPSA) is 74.1 Å². The highest BCUT2D eigenvalue weighted by Crippen LogP contribution is 2.36. The summed E-state index contributed by atoms with van der Waals surface area (Å²) in [5.41, 5.74) is 6.61. The summed E-state index contributed by atoms with van der Waals surface area (Å²) in [7, 11) is 3.03. The van der Waals surface area contributed by atoms with E-state index in [-0.39, 0.29) is 18.0 Å². The van der Waals surface area contributed by atoms with Gasteiger partial charge in [-0.1, -0.05) is 6.92 Å². The first-order valence-corrected chi connectivity index (χ1v) is 5.83. The van der Waals surface area contributed by atoms with Crippen molar-refractivity contribution in [2.24, 2.45) is 0 Å². The van der Waals surface area contributed by atoms with Crippen LogP contribution in [0.1, 0.15) is 23.7 Å². The zero-order valence-corrected chi connectivity index (χ0v) is 10.7. The molecule has 0 radical (unpaired) electrons. The van der Waals surface area contributed by atoms with E-state index in [1.54, 1.807) is 12.1 Å². The number of anilines is 1. The molecule has 0 unspecified atom stereocenters. The molecule has 18 heavy (non-hydrogen) atoms. The molecule has 0 amide bonds. The number of ether oxygens (including phenoxy) is 3. The van der Waals surface area contributed by atoms with Gasteiger partial charge in [-0.05, 0) is 6.42 Å². The Morgan fingerprint density at radius 3 is 2.61 bits per heavy atom. The average Bonchev–Trinajstić information content (AvgIpc) is 3.16. The van der Waals surface area contributed by atoms with Crippen LogP contribution in [0.15, 0.2) is 12.1 Å².